The van der Waals surface area contributed by atoms with Crippen molar-refractivity contribution >= 4 is 39.3 Å². The fourth-order valence-electron chi connectivity index (χ4n) is 7.70. The summed E-state index contributed by atoms with van der Waals surface area (Å²) in [6, 6.07) is 12.5. The Bertz CT molecular complexity index is 1460. The van der Waals surface area contributed by atoms with Crippen molar-refractivity contribution in [3.8, 4) is 11.5 Å². The minimum atomic E-state index is -2.19. The third-order valence-corrected chi connectivity index (χ3v) is 27.4. The van der Waals surface area contributed by atoms with Crippen LogP contribution in [0.5, 0.6) is 11.5 Å². The number of aromatic hydroxyl groups is 1. The van der Waals surface area contributed by atoms with E-state index in [-0.39, 0.29) is 15.7 Å². The van der Waals surface area contributed by atoms with Gasteiger partial charge >= 0.3 is 0 Å². The van der Waals surface area contributed by atoms with Crippen molar-refractivity contribution in [1.29, 1.82) is 0 Å². The Morgan fingerprint density at radius 1 is 0.765 bits per heavy atom. The van der Waals surface area contributed by atoms with Gasteiger partial charge in [0.05, 0.1) is 16.1 Å². The van der Waals surface area contributed by atoms with E-state index in [4.69, 9.17) is 13.6 Å². The lowest BCUT2D eigenvalue weighted by atomic mass is 9.76. The molecule has 5 nitrogen and oxygen atoms in total. The van der Waals surface area contributed by atoms with E-state index in [9.17, 15) is 9.90 Å². The van der Waals surface area contributed by atoms with Crippen LogP contribution in [0.1, 0.15) is 103 Å². The van der Waals surface area contributed by atoms with Crippen LogP contribution in [-0.2, 0) is 31.9 Å². The van der Waals surface area contributed by atoms with E-state index >= 15 is 0 Å². The molecule has 0 aromatic heterocycles. The predicted octanol–water partition coefficient (Wildman–Crippen LogP) is 12.4. The summed E-state index contributed by atoms with van der Waals surface area (Å²) >= 11 is 0. The maximum Gasteiger partial charge on any atom is 0.298 e. The Balaban J connectivity index is 2.57. The van der Waals surface area contributed by atoms with E-state index in [0.29, 0.717) is 29.2 Å². The molecule has 4 atom stereocenters. The van der Waals surface area contributed by atoms with Crippen molar-refractivity contribution in [2.24, 2.45) is 0 Å². The molecule has 0 aliphatic rings. The van der Waals surface area contributed by atoms with E-state index < -0.39 is 32.8 Å². The molecular weight excluding hydrogens is 697 g/mol. The molecule has 0 aliphatic heterocycles. The number of hydrogen-bond acceptors (Lipinski definition) is 5. The number of carbonyl (C=O) groups excluding carboxylic acids is 1. The number of carbonyl (C=O) groups is 1. The number of rotatable bonds is 20. The van der Waals surface area contributed by atoms with Crippen molar-refractivity contribution < 1.29 is 23.5 Å². The Hall–Kier alpha value is -1.50. The van der Waals surface area contributed by atoms with Crippen molar-refractivity contribution in [2.45, 2.75) is 186 Å². The Morgan fingerprint density at radius 3 is 1.76 bits per heavy atom. The van der Waals surface area contributed by atoms with Gasteiger partial charge in [0.15, 0.2) is 16.6 Å². The van der Waals surface area contributed by atoms with E-state index in [1.807, 2.05) is 12.1 Å². The summed E-state index contributed by atoms with van der Waals surface area (Å²) in [4.78, 5) is 11.7. The van der Waals surface area contributed by atoms with Crippen LogP contribution in [0.25, 0.3) is 0 Å². The summed E-state index contributed by atoms with van der Waals surface area (Å²) in [5.41, 5.74) is 4.64. The summed E-state index contributed by atoms with van der Waals surface area (Å²) in [7, 11) is -7.46. The fraction of sp³-hybridized carbons (Fsp3) is 0.690. The SMILES string of the molecule is CCC(O[Si](C)(C)[C@](C)(CC)Cc1cc(C(C)(C)c2ccc(OC=O)c(CC(CC)[Si](C)(C)OC(C)(CC)[Si](C)(C)C)c2)ccc1O)[Si](C)(C)C. The molecule has 0 saturated heterocycles. The van der Waals surface area contributed by atoms with Gasteiger partial charge in [0.2, 0.25) is 0 Å². The zero-order valence-corrected chi connectivity index (χ0v) is 40.0. The first-order chi connectivity index (χ1) is 23.2. The average molecular weight is 773 g/mol. The Labute approximate surface area is 318 Å². The van der Waals surface area contributed by atoms with Crippen LogP contribution >= 0.6 is 0 Å². The van der Waals surface area contributed by atoms with Gasteiger partial charge in [-0.3, -0.25) is 4.79 Å². The van der Waals surface area contributed by atoms with Gasteiger partial charge in [-0.25, -0.2) is 0 Å². The first-order valence-corrected chi connectivity index (χ1v) is 32.6. The third-order valence-electron chi connectivity index (χ3n) is 13.0. The smallest absolute Gasteiger partial charge is 0.298 e. The zero-order chi connectivity index (χ0) is 39.4. The number of phenols is 1. The van der Waals surface area contributed by atoms with Crippen LogP contribution in [-0.4, -0.2) is 55.3 Å². The molecule has 0 fully saturated rings. The number of hydrogen-bond donors (Lipinski definition) is 1. The van der Waals surface area contributed by atoms with Crippen LogP contribution in [0.4, 0.5) is 0 Å². The molecule has 3 unspecified atom stereocenters. The normalized spacial score (nSPS) is 17.0. The van der Waals surface area contributed by atoms with E-state index in [0.717, 1.165) is 60.8 Å². The Morgan fingerprint density at radius 2 is 1.31 bits per heavy atom. The first kappa shape index (κ1) is 45.7. The molecule has 0 amide bonds. The molecule has 1 N–H and O–H groups in total. The lowest BCUT2D eigenvalue weighted by Crippen LogP contribution is -2.58. The second-order valence-corrected chi connectivity index (χ2v) is 39.0. The summed E-state index contributed by atoms with van der Waals surface area (Å²) in [6.45, 7) is 42.7. The molecule has 290 valence electrons. The summed E-state index contributed by atoms with van der Waals surface area (Å²) in [5.74, 6) is 0.972. The van der Waals surface area contributed by atoms with E-state index in [2.05, 4.69) is 145 Å². The third kappa shape index (κ3) is 10.6. The first-order valence-electron chi connectivity index (χ1n) is 19.6. The van der Waals surface area contributed by atoms with Crippen LogP contribution in [0, 0.1) is 0 Å². The minimum absolute atomic E-state index is 0.0570. The van der Waals surface area contributed by atoms with Gasteiger partial charge in [-0.05, 0) is 104 Å². The second-order valence-electron chi connectivity index (χ2n) is 19.3. The molecule has 9 heteroatoms. The van der Waals surface area contributed by atoms with Crippen molar-refractivity contribution in [1.82, 2.24) is 0 Å². The van der Waals surface area contributed by atoms with Crippen LogP contribution < -0.4 is 4.74 Å². The number of ether oxygens (including phenoxy) is 1. The maximum atomic E-state index is 11.7. The highest BCUT2D eigenvalue weighted by Gasteiger charge is 2.48. The zero-order valence-electron chi connectivity index (χ0n) is 36.0. The lowest BCUT2D eigenvalue weighted by molar-refractivity contribution is -0.120. The molecule has 2 rings (SSSR count). The van der Waals surface area contributed by atoms with Crippen molar-refractivity contribution in [3.63, 3.8) is 0 Å². The molecule has 0 spiro atoms. The topological polar surface area (TPSA) is 65.0 Å². The minimum Gasteiger partial charge on any atom is -0.508 e. The summed E-state index contributed by atoms with van der Waals surface area (Å²) in [5, 5.41) is 11.1. The number of benzene rings is 2. The number of phenolic OH excluding ortho intramolecular Hbond substituents is 1. The van der Waals surface area contributed by atoms with Gasteiger partial charge in [-0.15, -0.1) is 0 Å². The molecular formula is C42H76O5Si4. The van der Waals surface area contributed by atoms with E-state index in [1.54, 1.807) is 0 Å². The highest BCUT2D eigenvalue weighted by Crippen LogP contribution is 2.48. The van der Waals surface area contributed by atoms with E-state index in [1.165, 1.54) is 0 Å². The summed E-state index contributed by atoms with van der Waals surface area (Å²) in [6.07, 6.45) is 5.60. The van der Waals surface area contributed by atoms with Gasteiger partial charge in [0.1, 0.15) is 11.5 Å². The fourth-order valence-corrected chi connectivity index (χ4v) is 20.1. The van der Waals surface area contributed by atoms with Crippen LogP contribution in [0.3, 0.4) is 0 Å². The highest BCUT2D eigenvalue weighted by molar-refractivity contribution is 6.81. The molecule has 0 saturated carbocycles. The average Bonchev–Trinajstić information content (AvgIpc) is 3.02. The molecule has 2 aromatic rings. The largest absolute Gasteiger partial charge is 0.508 e. The summed E-state index contributed by atoms with van der Waals surface area (Å²) < 4.78 is 20.0. The second kappa shape index (κ2) is 16.9. The Kier molecular flexibility index (Phi) is 15.1. The monoisotopic (exact) mass is 772 g/mol. The molecule has 2 aromatic carbocycles. The van der Waals surface area contributed by atoms with Crippen molar-refractivity contribution in [2.75, 3.05) is 0 Å². The highest BCUT2D eigenvalue weighted by atomic mass is 28.4. The predicted molar refractivity (Wildman–Crippen MR) is 230 cm³/mol. The maximum absolute atomic E-state index is 11.7. The lowest BCUT2D eigenvalue weighted by Gasteiger charge is -2.47. The standard InChI is InChI=1S/C42H76O5Si4/c1-19-36(50(15,16)47-42(8,22-4)49(12,13)14)29-32-27-35(24-26-38(32)45-31-43)40(5,6)34-23-25-37(44)33(28-34)30-41(7,21-3)51(17,18)46-39(20-2)48(9,10)11/h23-28,31,36,39,44H,19-22,29-30H2,1-18H3/t36?,39?,41-,42?/m1/s1. The van der Waals surface area contributed by atoms with Crippen LogP contribution in [0.15, 0.2) is 36.4 Å². The quantitative estimate of drug-likeness (QED) is 0.107. The molecule has 0 bridgehead atoms. The molecule has 0 radical (unpaired) electrons. The van der Waals surface area contributed by atoms with Gasteiger partial charge in [0.25, 0.3) is 6.47 Å². The molecule has 51 heavy (non-hydrogen) atoms. The van der Waals surface area contributed by atoms with Crippen molar-refractivity contribution in [3.05, 3.63) is 58.7 Å². The van der Waals surface area contributed by atoms with Gasteiger partial charge in [0, 0.05) is 16.4 Å². The molecule has 0 aliphatic carbocycles. The molecule has 0 heterocycles. The van der Waals surface area contributed by atoms with Crippen LogP contribution in [0.2, 0.25) is 76.0 Å². The van der Waals surface area contributed by atoms with Gasteiger partial charge < -0.3 is 18.7 Å². The van der Waals surface area contributed by atoms with Gasteiger partial charge in [-0.1, -0.05) is 125 Å². The van der Waals surface area contributed by atoms with Gasteiger partial charge in [-0.2, -0.15) is 0 Å².